The highest BCUT2D eigenvalue weighted by Gasteiger charge is 2.17. The first-order valence-electron chi connectivity index (χ1n) is 11.8. The van der Waals surface area contributed by atoms with Gasteiger partial charge in [0.15, 0.2) is 11.0 Å². The van der Waals surface area contributed by atoms with E-state index in [2.05, 4.69) is 20.7 Å². The summed E-state index contributed by atoms with van der Waals surface area (Å²) in [6, 6.07) is 22.5. The molecular weight excluding hydrogens is 502 g/mol. The van der Waals surface area contributed by atoms with Gasteiger partial charge in [-0.15, -0.1) is 10.2 Å². The van der Waals surface area contributed by atoms with Crippen LogP contribution in [0.25, 0.3) is 17.1 Å². The van der Waals surface area contributed by atoms with Crippen LogP contribution in [-0.4, -0.2) is 45.2 Å². The van der Waals surface area contributed by atoms with Crippen LogP contribution in [0.2, 0.25) is 0 Å². The van der Waals surface area contributed by atoms with Gasteiger partial charge in [0.1, 0.15) is 11.5 Å². The van der Waals surface area contributed by atoms with Crippen molar-refractivity contribution >= 4 is 29.4 Å². The van der Waals surface area contributed by atoms with E-state index < -0.39 is 0 Å². The molecule has 4 aromatic rings. The molecule has 0 saturated heterocycles. The Morgan fingerprint density at radius 1 is 0.921 bits per heavy atom. The second-order valence-electron chi connectivity index (χ2n) is 8.34. The monoisotopic (exact) mass is 529 g/mol. The van der Waals surface area contributed by atoms with Crippen molar-refractivity contribution in [3.8, 4) is 28.6 Å². The van der Waals surface area contributed by atoms with Crippen LogP contribution in [0.1, 0.15) is 25.0 Å². The van der Waals surface area contributed by atoms with Gasteiger partial charge >= 0.3 is 5.97 Å². The smallest absolute Gasteiger partial charge is 0.308 e. The molecule has 3 aromatic carbocycles. The number of esters is 1. The zero-order valence-electron chi connectivity index (χ0n) is 21.5. The van der Waals surface area contributed by atoms with Crippen LogP contribution in [-0.2, 0) is 9.59 Å². The highest BCUT2D eigenvalue weighted by atomic mass is 32.2. The van der Waals surface area contributed by atoms with Gasteiger partial charge in [0.25, 0.3) is 5.91 Å². The summed E-state index contributed by atoms with van der Waals surface area (Å²) in [5.74, 6) is 1.27. The number of hydrazone groups is 1. The molecule has 1 amide bonds. The Morgan fingerprint density at radius 2 is 1.58 bits per heavy atom. The van der Waals surface area contributed by atoms with Crippen molar-refractivity contribution in [1.29, 1.82) is 0 Å². The molecule has 0 aliphatic heterocycles. The number of carbonyl (C=O) groups is 2. The van der Waals surface area contributed by atoms with Gasteiger partial charge < -0.3 is 9.47 Å². The third-order valence-electron chi connectivity index (χ3n) is 5.49. The molecule has 0 unspecified atom stereocenters. The third-order valence-corrected chi connectivity index (χ3v) is 6.42. The van der Waals surface area contributed by atoms with E-state index in [9.17, 15) is 9.59 Å². The summed E-state index contributed by atoms with van der Waals surface area (Å²) >= 11 is 1.26. The SMILES string of the molecule is COc1ccc(-n2c(SCC(=O)N/N=C(\C)c3ccc(OC(C)=O)cc3)nnc2-c2ccc(C)cc2)cc1. The molecule has 0 aliphatic rings. The van der Waals surface area contributed by atoms with Gasteiger partial charge in [0.2, 0.25) is 0 Å². The van der Waals surface area contributed by atoms with E-state index in [-0.39, 0.29) is 17.6 Å². The fraction of sp³-hybridized carbons (Fsp3) is 0.179. The molecule has 10 heteroatoms. The van der Waals surface area contributed by atoms with Crippen molar-refractivity contribution in [2.24, 2.45) is 5.10 Å². The van der Waals surface area contributed by atoms with Crippen LogP contribution in [0.3, 0.4) is 0 Å². The molecule has 1 heterocycles. The van der Waals surface area contributed by atoms with E-state index in [1.165, 1.54) is 18.7 Å². The average molecular weight is 530 g/mol. The fourth-order valence-corrected chi connectivity index (χ4v) is 4.26. The minimum Gasteiger partial charge on any atom is -0.497 e. The van der Waals surface area contributed by atoms with E-state index in [1.54, 1.807) is 38.3 Å². The molecule has 4 rings (SSSR count). The summed E-state index contributed by atoms with van der Waals surface area (Å²) in [5.41, 5.74) is 6.89. The molecule has 0 atom stereocenters. The first-order valence-corrected chi connectivity index (χ1v) is 12.7. The summed E-state index contributed by atoms with van der Waals surface area (Å²) in [6.45, 7) is 5.15. The lowest BCUT2D eigenvalue weighted by atomic mass is 10.1. The fourth-order valence-electron chi connectivity index (χ4n) is 3.52. The zero-order valence-corrected chi connectivity index (χ0v) is 22.3. The molecule has 38 heavy (non-hydrogen) atoms. The summed E-state index contributed by atoms with van der Waals surface area (Å²) in [6.07, 6.45) is 0. The maximum atomic E-state index is 12.6. The molecule has 0 spiro atoms. The van der Waals surface area contributed by atoms with Crippen molar-refractivity contribution in [2.45, 2.75) is 25.9 Å². The highest BCUT2D eigenvalue weighted by molar-refractivity contribution is 7.99. The summed E-state index contributed by atoms with van der Waals surface area (Å²) in [4.78, 5) is 23.7. The van der Waals surface area contributed by atoms with Crippen LogP contribution in [0.15, 0.2) is 83.1 Å². The number of nitrogens with one attached hydrogen (secondary N) is 1. The molecular formula is C28H27N5O4S. The van der Waals surface area contributed by atoms with Gasteiger partial charge in [0, 0.05) is 18.2 Å². The normalized spacial score (nSPS) is 11.2. The van der Waals surface area contributed by atoms with E-state index in [0.717, 1.165) is 28.1 Å². The van der Waals surface area contributed by atoms with E-state index in [1.807, 2.05) is 60.0 Å². The number of rotatable bonds is 9. The molecule has 194 valence electrons. The number of aromatic nitrogens is 3. The minimum absolute atomic E-state index is 0.0877. The Bertz CT molecular complexity index is 1450. The van der Waals surface area contributed by atoms with Gasteiger partial charge in [-0.3, -0.25) is 14.2 Å². The second kappa shape index (κ2) is 12.2. The first-order chi connectivity index (χ1) is 18.3. The largest absolute Gasteiger partial charge is 0.497 e. The number of nitrogens with zero attached hydrogens (tertiary/aromatic N) is 4. The maximum absolute atomic E-state index is 12.6. The molecule has 0 aliphatic carbocycles. The molecule has 1 N–H and O–H groups in total. The predicted octanol–water partition coefficient (Wildman–Crippen LogP) is 4.81. The lowest BCUT2D eigenvalue weighted by Gasteiger charge is -2.11. The highest BCUT2D eigenvalue weighted by Crippen LogP contribution is 2.29. The van der Waals surface area contributed by atoms with Crippen LogP contribution in [0.4, 0.5) is 0 Å². The first kappa shape index (κ1) is 26.6. The summed E-state index contributed by atoms with van der Waals surface area (Å²) in [7, 11) is 1.62. The molecule has 0 fully saturated rings. The quantitative estimate of drug-likeness (QED) is 0.109. The Balaban J connectivity index is 1.48. The molecule has 0 bridgehead atoms. The Labute approximate surface area is 224 Å². The van der Waals surface area contributed by atoms with Crippen molar-refractivity contribution < 1.29 is 19.1 Å². The number of amides is 1. The Hall–Kier alpha value is -4.44. The summed E-state index contributed by atoms with van der Waals surface area (Å²) in [5, 5.41) is 13.6. The maximum Gasteiger partial charge on any atom is 0.308 e. The van der Waals surface area contributed by atoms with Crippen LogP contribution >= 0.6 is 11.8 Å². The van der Waals surface area contributed by atoms with Gasteiger partial charge in [-0.05, 0) is 67.9 Å². The molecule has 9 nitrogen and oxygen atoms in total. The van der Waals surface area contributed by atoms with Gasteiger partial charge in [-0.2, -0.15) is 5.10 Å². The lowest BCUT2D eigenvalue weighted by Crippen LogP contribution is -2.21. The van der Waals surface area contributed by atoms with Crippen LogP contribution in [0, 0.1) is 6.92 Å². The molecule has 0 radical (unpaired) electrons. The molecule has 0 saturated carbocycles. The van der Waals surface area contributed by atoms with Crippen molar-refractivity contribution in [3.63, 3.8) is 0 Å². The second-order valence-corrected chi connectivity index (χ2v) is 9.29. The predicted molar refractivity (Wildman–Crippen MR) is 147 cm³/mol. The van der Waals surface area contributed by atoms with Gasteiger partial charge in [-0.25, -0.2) is 5.43 Å². The van der Waals surface area contributed by atoms with E-state index in [0.29, 0.717) is 22.4 Å². The topological polar surface area (TPSA) is 108 Å². The van der Waals surface area contributed by atoms with Gasteiger partial charge in [0.05, 0.1) is 18.6 Å². The van der Waals surface area contributed by atoms with E-state index in [4.69, 9.17) is 9.47 Å². The van der Waals surface area contributed by atoms with Crippen molar-refractivity contribution in [1.82, 2.24) is 20.2 Å². The van der Waals surface area contributed by atoms with Crippen molar-refractivity contribution in [3.05, 3.63) is 83.9 Å². The number of thioether (sulfide) groups is 1. The van der Waals surface area contributed by atoms with Crippen LogP contribution < -0.4 is 14.9 Å². The number of benzene rings is 3. The number of hydrogen-bond donors (Lipinski definition) is 1. The summed E-state index contributed by atoms with van der Waals surface area (Å²) < 4.78 is 12.2. The van der Waals surface area contributed by atoms with Gasteiger partial charge in [-0.1, -0.05) is 41.6 Å². The molecule has 1 aromatic heterocycles. The zero-order chi connectivity index (χ0) is 27.1. The third kappa shape index (κ3) is 6.65. The number of aryl methyl sites for hydroxylation is 1. The lowest BCUT2D eigenvalue weighted by molar-refractivity contribution is -0.131. The number of ether oxygens (including phenoxy) is 2. The standard InChI is InChI=1S/C28H27N5O4S/c1-18-5-7-22(8-6-18)27-31-32-28(33(27)23-11-15-24(36-4)16-12-23)38-17-26(35)30-29-19(2)21-9-13-25(14-10-21)37-20(3)34/h5-16H,17H2,1-4H3,(H,30,35)/b29-19+. The van der Waals surface area contributed by atoms with Crippen LogP contribution in [0.5, 0.6) is 11.5 Å². The Kier molecular flexibility index (Phi) is 8.55. The van der Waals surface area contributed by atoms with E-state index >= 15 is 0 Å². The number of hydrogen-bond acceptors (Lipinski definition) is 8. The minimum atomic E-state index is -0.387. The number of methoxy groups -OCH3 is 1. The number of carbonyl (C=O) groups excluding carboxylic acids is 2. The average Bonchev–Trinajstić information content (AvgIpc) is 3.35. The van der Waals surface area contributed by atoms with Crippen molar-refractivity contribution in [2.75, 3.05) is 12.9 Å². The Morgan fingerprint density at radius 3 is 2.21 bits per heavy atom.